The molecule has 2 aromatic heterocycles. The van der Waals surface area contributed by atoms with Gasteiger partial charge in [0, 0.05) is 5.56 Å². The third kappa shape index (κ3) is 1.64. The molecular formula is C12H7FN2OS. The highest BCUT2D eigenvalue weighted by molar-refractivity contribution is 7.17. The maximum Gasteiger partial charge on any atom is 0.272 e. The molecule has 0 fully saturated rings. The van der Waals surface area contributed by atoms with Gasteiger partial charge in [0.1, 0.15) is 11.5 Å². The fourth-order valence-corrected chi connectivity index (χ4v) is 2.62. The molecule has 0 bridgehead atoms. The molecule has 84 valence electrons. The van der Waals surface area contributed by atoms with Crippen molar-refractivity contribution in [3.63, 3.8) is 0 Å². The molecule has 0 atom stereocenters. The highest BCUT2D eigenvalue weighted by Gasteiger charge is 2.10. The zero-order valence-electron chi connectivity index (χ0n) is 8.61. The maximum absolute atomic E-state index is 13.2. The van der Waals surface area contributed by atoms with E-state index in [-0.39, 0.29) is 11.4 Å². The molecule has 0 amide bonds. The summed E-state index contributed by atoms with van der Waals surface area (Å²) < 4.78 is 13.9. The molecule has 0 spiro atoms. The van der Waals surface area contributed by atoms with Crippen molar-refractivity contribution < 1.29 is 4.39 Å². The number of nitrogens with zero attached hydrogens (tertiary/aromatic N) is 1. The largest absolute Gasteiger partial charge is 0.272 e. The minimum absolute atomic E-state index is 0.221. The average Bonchev–Trinajstić information content (AvgIpc) is 2.79. The fourth-order valence-electron chi connectivity index (χ4n) is 1.72. The first-order chi connectivity index (χ1) is 8.25. The van der Waals surface area contributed by atoms with Crippen LogP contribution in [0.4, 0.5) is 4.39 Å². The van der Waals surface area contributed by atoms with Crippen molar-refractivity contribution in [3.8, 4) is 11.3 Å². The van der Waals surface area contributed by atoms with Crippen LogP contribution in [-0.4, -0.2) is 10.2 Å². The minimum Gasteiger partial charge on any atom is -0.267 e. The van der Waals surface area contributed by atoms with E-state index < -0.39 is 0 Å². The Labute approximate surface area is 99.5 Å². The quantitative estimate of drug-likeness (QED) is 0.717. The Bertz CT molecular complexity index is 747. The van der Waals surface area contributed by atoms with Crippen molar-refractivity contribution in [2.75, 3.05) is 0 Å². The maximum atomic E-state index is 13.2. The number of H-pyrrole nitrogens is 1. The number of aromatic amines is 1. The standard InChI is InChI=1S/C12H7FN2OS/c13-8-3-1-2-7(6-8)10-11-9(4-5-17-11)12(16)15-14-10/h1-6H,(H,15,16). The van der Waals surface area contributed by atoms with Crippen molar-refractivity contribution in [1.29, 1.82) is 0 Å². The summed E-state index contributed by atoms with van der Waals surface area (Å²) in [5.74, 6) is -0.319. The Hall–Kier alpha value is -2.01. The molecule has 0 saturated carbocycles. The molecule has 3 nitrogen and oxygen atoms in total. The second-order valence-electron chi connectivity index (χ2n) is 3.58. The normalized spacial score (nSPS) is 10.9. The number of thiophene rings is 1. The average molecular weight is 246 g/mol. The van der Waals surface area contributed by atoms with E-state index in [4.69, 9.17) is 0 Å². The van der Waals surface area contributed by atoms with Gasteiger partial charge in [-0.1, -0.05) is 12.1 Å². The number of fused-ring (bicyclic) bond motifs is 1. The van der Waals surface area contributed by atoms with Gasteiger partial charge in [0.15, 0.2) is 0 Å². The van der Waals surface area contributed by atoms with Crippen LogP contribution < -0.4 is 5.56 Å². The lowest BCUT2D eigenvalue weighted by molar-refractivity contribution is 0.628. The molecule has 5 heteroatoms. The van der Waals surface area contributed by atoms with E-state index >= 15 is 0 Å². The van der Waals surface area contributed by atoms with E-state index in [0.717, 1.165) is 4.70 Å². The summed E-state index contributed by atoms with van der Waals surface area (Å²) >= 11 is 1.42. The third-order valence-corrected chi connectivity index (χ3v) is 3.41. The summed E-state index contributed by atoms with van der Waals surface area (Å²) in [7, 11) is 0. The van der Waals surface area contributed by atoms with E-state index in [9.17, 15) is 9.18 Å². The fraction of sp³-hybridized carbons (Fsp3) is 0. The van der Waals surface area contributed by atoms with Gasteiger partial charge in [-0.05, 0) is 23.6 Å². The Balaban J connectivity index is 2.35. The molecule has 2 heterocycles. The van der Waals surface area contributed by atoms with Crippen LogP contribution in [0.2, 0.25) is 0 Å². The van der Waals surface area contributed by atoms with Crippen LogP contribution in [0.15, 0.2) is 40.5 Å². The number of rotatable bonds is 1. The Morgan fingerprint density at radius 2 is 2.18 bits per heavy atom. The van der Waals surface area contributed by atoms with Crippen molar-refractivity contribution in [2.45, 2.75) is 0 Å². The number of benzene rings is 1. The van der Waals surface area contributed by atoms with Gasteiger partial charge in [0.25, 0.3) is 5.56 Å². The molecule has 1 N–H and O–H groups in total. The lowest BCUT2D eigenvalue weighted by atomic mass is 10.1. The van der Waals surface area contributed by atoms with Gasteiger partial charge in [0.05, 0.1) is 10.1 Å². The van der Waals surface area contributed by atoms with Crippen LogP contribution in [0, 0.1) is 5.82 Å². The lowest BCUT2D eigenvalue weighted by Gasteiger charge is -2.01. The van der Waals surface area contributed by atoms with Gasteiger partial charge in [-0.2, -0.15) is 5.10 Å². The summed E-state index contributed by atoms with van der Waals surface area (Å²) in [5.41, 5.74) is 1.05. The highest BCUT2D eigenvalue weighted by atomic mass is 32.1. The van der Waals surface area contributed by atoms with Crippen LogP contribution in [0.1, 0.15) is 0 Å². The number of halogens is 1. The molecule has 3 aromatic rings. The van der Waals surface area contributed by atoms with Gasteiger partial charge < -0.3 is 0 Å². The zero-order chi connectivity index (χ0) is 11.8. The zero-order valence-corrected chi connectivity index (χ0v) is 9.42. The third-order valence-electron chi connectivity index (χ3n) is 2.49. The smallest absolute Gasteiger partial charge is 0.267 e. The van der Waals surface area contributed by atoms with E-state index in [0.29, 0.717) is 16.6 Å². The van der Waals surface area contributed by atoms with Crippen molar-refractivity contribution in [2.24, 2.45) is 0 Å². The summed E-state index contributed by atoms with van der Waals surface area (Å²) in [6.45, 7) is 0. The van der Waals surface area contributed by atoms with E-state index in [1.165, 1.54) is 23.5 Å². The summed E-state index contributed by atoms with van der Waals surface area (Å²) in [5, 5.41) is 8.83. The second-order valence-corrected chi connectivity index (χ2v) is 4.49. The van der Waals surface area contributed by atoms with E-state index in [1.54, 1.807) is 18.2 Å². The highest BCUT2D eigenvalue weighted by Crippen LogP contribution is 2.28. The first kappa shape index (κ1) is 10.2. The van der Waals surface area contributed by atoms with Crippen molar-refractivity contribution in [1.82, 2.24) is 10.2 Å². The number of hydrogen-bond acceptors (Lipinski definition) is 3. The van der Waals surface area contributed by atoms with Gasteiger partial charge in [-0.25, -0.2) is 9.49 Å². The molecule has 0 aliphatic heterocycles. The monoisotopic (exact) mass is 246 g/mol. The van der Waals surface area contributed by atoms with Gasteiger partial charge in [0.2, 0.25) is 0 Å². The Morgan fingerprint density at radius 1 is 1.29 bits per heavy atom. The molecule has 1 aromatic carbocycles. The summed E-state index contributed by atoms with van der Waals surface area (Å²) in [4.78, 5) is 11.5. The summed E-state index contributed by atoms with van der Waals surface area (Å²) in [6.07, 6.45) is 0. The number of nitrogens with one attached hydrogen (secondary N) is 1. The molecule has 0 aliphatic carbocycles. The van der Waals surface area contributed by atoms with Crippen LogP contribution >= 0.6 is 11.3 Å². The predicted octanol–water partition coefficient (Wildman–Crippen LogP) is 2.79. The van der Waals surface area contributed by atoms with Gasteiger partial charge in [-0.3, -0.25) is 4.79 Å². The number of aromatic nitrogens is 2. The molecule has 3 rings (SSSR count). The Kier molecular flexibility index (Phi) is 2.26. The van der Waals surface area contributed by atoms with Crippen LogP contribution in [0.25, 0.3) is 21.3 Å². The van der Waals surface area contributed by atoms with Crippen LogP contribution in [0.5, 0.6) is 0 Å². The van der Waals surface area contributed by atoms with E-state index in [1.807, 2.05) is 5.38 Å². The predicted molar refractivity (Wildman–Crippen MR) is 65.6 cm³/mol. The van der Waals surface area contributed by atoms with E-state index in [2.05, 4.69) is 10.2 Å². The SMILES string of the molecule is O=c1[nH]nc(-c2cccc(F)c2)c2sccc12. The first-order valence-corrected chi connectivity index (χ1v) is 5.85. The topological polar surface area (TPSA) is 45.8 Å². The molecule has 0 aliphatic rings. The number of hydrogen-bond donors (Lipinski definition) is 1. The first-order valence-electron chi connectivity index (χ1n) is 4.97. The van der Waals surface area contributed by atoms with Gasteiger partial charge >= 0.3 is 0 Å². The van der Waals surface area contributed by atoms with Crippen LogP contribution in [0.3, 0.4) is 0 Å². The van der Waals surface area contributed by atoms with Crippen molar-refractivity contribution >= 4 is 21.4 Å². The second kappa shape index (κ2) is 3.78. The molecule has 0 saturated heterocycles. The molecule has 0 radical (unpaired) electrons. The van der Waals surface area contributed by atoms with Crippen molar-refractivity contribution in [3.05, 3.63) is 51.9 Å². The van der Waals surface area contributed by atoms with Crippen LogP contribution in [-0.2, 0) is 0 Å². The molecule has 17 heavy (non-hydrogen) atoms. The molecule has 0 unspecified atom stereocenters. The Morgan fingerprint density at radius 3 is 3.00 bits per heavy atom. The molecular weight excluding hydrogens is 239 g/mol. The summed E-state index contributed by atoms with van der Waals surface area (Å²) in [6, 6.07) is 7.91. The lowest BCUT2D eigenvalue weighted by Crippen LogP contribution is -2.07. The van der Waals surface area contributed by atoms with Gasteiger partial charge in [-0.15, -0.1) is 11.3 Å². The minimum atomic E-state index is -0.319.